The molecule has 0 aliphatic carbocycles. The molecule has 0 atom stereocenters. The van der Waals surface area contributed by atoms with Crippen molar-refractivity contribution in [3.05, 3.63) is 65.9 Å². The van der Waals surface area contributed by atoms with E-state index in [0.29, 0.717) is 5.69 Å². The molecular weight excluding hydrogens is 358 g/mol. The molecule has 2 aromatic rings. The molecule has 0 saturated heterocycles. The van der Waals surface area contributed by atoms with Crippen molar-refractivity contribution in [2.45, 2.75) is 4.90 Å². The number of thioether (sulfide) groups is 1. The molecule has 2 N–H and O–H groups in total. The highest BCUT2D eigenvalue weighted by molar-refractivity contribution is 8.00. The van der Waals surface area contributed by atoms with E-state index in [9.17, 15) is 13.6 Å². The van der Waals surface area contributed by atoms with Crippen LogP contribution in [0.4, 0.5) is 20.2 Å². The molecular formula is C18H12F2N4OS. The maximum absolute atomic E-state index is 13.5. The predicted octanol–water partition coefficient (Wildman–Crippen LogP) is 4.04. The number of carbonyl (C=O) groups is 1. The van der Waals surface area contributed by atoms with Gasteiger partial charge in [0.25, 0.3) is 0 Å². The van der Waals surface area contributed by atoms with Gasteiger partial charge in [0.2, 0.25) is 5.91 Å². The number of halogens is 2. The summed E-state index contributed by atoms with van der Waals surface area (Å²) >= 11 is 1.22. The average Bonchev–Trinajstić information content (AvgIpc) is 2.65. The van der Waals surface area contributed by atoms with Crippen molar-refractivity contribution in [1.82, 2.24) is 0 Å². The number of amides is 1. The molecule has 130 valence electrons. The summed E-state index contributed by atoms with van der Waals surface area (Å²) in [5, 5.41) is 22.4. The molecule has 0 saturated carbocycles. The second kappa shape index (κ2) is 9.21. The molecule has 0 unspecified atom stereocenters. The van der Waals surface area contributed by atoms with Crippen LogP contribution in [-0.2, 0) is 4.79 Å². The molecule has 2 rings (SSSR count). The second-order valence-corrected chi connectivity index (χ2v) is 5.96. The van der Waals surface area contributed by atoms with E-state index < -0.39 is 17.5 Å². The van der Waals surface area contributed by atoms with E-state index in [2.05, 4.69) is 10.6 Å². The number of allylic oxidation sites excluding steroid dienone is 1. The van der Waals surface area contributed by atoms with Crippen molar-refractivity contribution in [2.75, 3.05) is 16.4 Å². The maximum atomic E-state index is 13.5. The van der Waals surface area contributed by atoms with Crippen LogP contribution in [-0.4, -0.2) is 11.7 Å². The van der Waals surface area contributed by atoms with Crippen LogP contribution >= 0.6 is 11.8 Å². The van der Waals surface area contributed by atoms with Crippen molar-refractivity contribution in [3.63, 3.8) is 0 Å². The van der Waals surface area contributed by atoms with Gasteiger partial charge in [0.15, 0.2) is 0 Å². The first kappa shape index (κ1) is 19.0. The van der Waals surface area contributed by atoms with E-state index in [1.807, 2.05) is 0 Å². The number of carbonyl (C=O) groups excluding carboxylic acids is 1. The minimum absolute atomic E-state index is 0.0235. The van der Waals surface area contributed by atoms with Crippen molar-refractivity contribution in [3.8, 4) is 12.1 Å². The summed E-state index contributed by atoms with van der Waals surface area (Å²) in [5.74, 6) is -1.78. The van der Waals surface area contributed by atoms with Gasteiger partial charge < -0.3 is 10.6 Å². The Bertz CT molecular complexity index is 898. The zero-order valence-corrected chi connectivity index (χ0v) is 14.1. The number of anilines is 2. The van der Waals surface area contributed by atoms with Gasteiger partial charge in [-0.25, -0.2) is 8.78 Å². The van der Waals surface area contributed by atoms with Crippen LogP contribution in [0, 0.1) is 34.3 Å². The first-order valence-electron chi connectivity index (χ1n) is 7.26. The Kier molecular flexibility index (Phi) is 6.72. The van der Waals surface area contributed by atoms with Crippen molar-refractivity contribution in [1.29, 1.82) is 10.5 Å². The lowest BCUT2D eigenvalue weighted by Gasteiger charge is -2.07. The van der Waals surface area contributed by atoms with Gasteiger partial charge in [-0.1, -0.05) is 0 Å². The molecule has 0 radical (unpaired) electrons. The molecule has 0 spiro atoms. The zero-order chi connectivity index (χ0) is 18.9. The summed E-state index contributed by atoms with van der Waals surface area (Å²) in [4.78, 5) is 12.6. The highest BCUT2D eigenvalue weighted by Gasteiger charge is 2.09. The van der Waals surface area contributed by atoms with Crippen LogP contribution in [0.25, 0.3) is 0 Å². The molecule has 26 heavy (non-hydrogen) atoms. The molecule has 0 aliphatic heterocycles. The van der Waals surface area contributed by atoms with Gasteiger partial charge in [-0.2, -0.15) is 10.5 Å². The van der Waals surface area contributed by atoms with E-state index in [0.717, 1.165) is 23.1 Å². The number of hydrogen-bond donors (Lipinski definition) is 2. The molecule has 0 aliphatic rings. The average molecular weight is 370 g/mol. The fourth-order valence-corrected chi connectivity index (χ4v) is 2.52. The van der Waals surface area contributed by atoms with Gasteiger partial charge >= 0.3 is 0 Å². The largest absolute Gasteiger partial charge is 0.360 e. The Labute approximate surface area is 152 Å². The van der Waals surface area contributed by atoms with Crippen LogP contribution in [0.15, 0.2) is 59.1 Å². The summed E-state index contributed by atoms with van der Waals surface area (Å²) in [5.41, 5.74) is 0.418. The third-order valence-corrected chi connectivity index (χ3v) is 4.06. The van der Waals surface area contributed by atoms with Crippen LogP contribution in [0.2, 0.25) is 0 Å². The van der Waals surface area contributed by atoms with E-state index in [1.165, 1.54) is 18.0 Å². The van der Waals surface area contributed by atoms with Crippen molar-refractivity contribution in [2.24, 2.45) is 0 Å². The number of rotatable bonds is 6. The molecule has 0 aromatic heterocycles. The Morgan fingerprint density at radius 1 is 1.12 bits per heavy atom. The van der Waals surface area contributed by atoms with Crippen LogP contribution < -0.4 is 10.6 Å². The van der Waals surface area contributed by atoms with Crippen LogP contribution in [0.1, 0.15) is 0 Å². The lowest BCUT2D eigenvalue weighted by Crippen LogP contribution is -2.15. The fourth-order valence-electron chi connectivity index (χ4n) is 1.82. The molecule has 1 amide bonds. The standard InChI is InChI=1S/C18H12F2N4OS/c19-13-1-6-16(20)17(7-13)24-18(25)11-26-15-4-2-14(3-5-15)23-10-12(8-21)9-22/h1-7,10,23H,11H2,(H,24,25). The number of benzene rings is 2. The topological polar surface area (TPSA) is 88.7 Å². The summed E-state index contributed by atoms with van der Waals surface area (Å²) in [6.07, 6.45) is 1.29. The van der Waals surface area contributed by atoms with Gasteiger partial charge in [-0.15, -0.1) is 11.8 Å². The molecule has 5 nitrogen and oxygen atoms in total. The predicted molar refractivity (Wildman–Crippen MR) is 95.1 cm³/mol. The highest BCUT2D eigenvalue weighted by atomic mass is 32.2. The summed E-state index contributed by atoms with van der Waals surface area (Å²) < 4.78 is 26.6. The molecule has 0 fully saturated rings. The van der Waals surface area contributed by atoms with Crippen LogP contribution in [0.5, 0.6) is 0 Å². The lowest BCUT2D eigenvalue weighted by molar-refractivity contribution is -0.113. The lowest BCUT2D eigenvalue weighted by atomic mass is 10.3. The van der Waals surface area contributed by atoms with E-state index in [1.54, 1.807) is 36.4 Å². The van der Waals surface area contributed by atoms with E-state index >= 15 is 0 Å². The minimum atomic E-state index is -0.706. The number of hydrogen-bond acceptors (Lipinski definition) is 5. The third kappa shape index (κ3) is 5.62. The summed E-state index contributed by atoms with van der Waals surface area (Å²) in [6, 6.07) is 13.2. The summed E-state index contributed by atoms with van der Waals surface area (Å²) in [6.45, 7) is 0. The first-order chi connectivity index (χ1) is 12.5. The third-order valence-electron chi connectivity index (χ3n) is 3.05. The number of nitriles is 2. The van der Waals surface area contributed by atoms with Gasteiger partial charge in [-0.05, 0) is 36.4 Å². The SMILES string of the molecule is N#CC(C#N)=CNc1ccc(SCC(=O)Nc2cc(F)ccc2F)cc1. The molecule has 8 heteroatoms. The Hall–Kier alpha value is -3.36. The monoisotopic (exact) mass is 370 g/mol. The van der Waals surface area contributed by atoms with E-state index in [4.69, 9.17) is 10.5 Å². The maximum Gasteiger partial charge on any atom is 0.234 e. The van der Waals surface area contributed by atoms with Gasteiger partial charge in [0, 0.05) is 22.8 Å². The Balaban J connectivity index is 1.88. The Morgan fingerprint density at radius 3 is 2.46 bits per heavy atom. The number of nitrogens with zero attached hydrogens (tertiary/aromatic N) is 2. The summed E-state index contributed by atoms with van der Waals surface area (Å²) in [7, 11) is 0. The molecule has 2 aromatic carbocycles. The minimum Gasteiger partial charge on any atom is -0.360 e. The van der Waals surface area contributed by atoms with Crippen molar-refractivity contribution >= 4 is 29.0 Å². The second-order valence-electron chi connectivity index (χ2n) is 4.91. The normalized spacial score (nSPS) is 9.54. The van der Waals surface area contributed by atoms with Gasteiger partial charge in [0.05, 0.1) is 11.4 Å². The van der Waals surface area contributed by atoms with Gasteiger partial charge in [0.1, 0.15) is 29.3 Å². The Morgan fingerprint density at radius 2 is 1.81 bits per heavy atom. The first-order valence-corrected chi connectivity index (χ1v) is 8.25. The number of nitrogens with one attached hydrogen (secondary N) is 2. The fraction of sp³-hybridized carbons (Fsp3) is 0.0556. The van der Waals surface area contributed by atoms with Gasteiger partial charge in [-0.3, -0.25) is 4.79 Å². The quantitative estimate of drug-likeness (QED) is 0.592. The highest BCUT2D eigenvalue weighted by Crippen LogP contribution is 2.21. The van der Waals surface area contributed by atoms with Crippen LogP contribution in [0.3, 0.4) is 0 Å². The molecule has 0 bridgehead atoms. The molecule has 0 heterocycles. The van der Waals surface area contributed by atoms with E-state index in [-0.39, 0.29) is 17.0 Å². The smallest absolute Gasteiger partial charge is 0.234 e. The zero-order valence-electron chi connectivity index (χ0n) is 13.3. The van der Waals surface area contributed by atoms with Crippen molar-refractivity contribution < 1.29 is 13.6 Å².